The predicted octanol–water partition coefficient (Wildman–Crippen LogP) is 3.82. The number of aliphatic imine (C=N–C) groups is 1. The third-order valence-corrected chi connectivity index (χ3v) is 5.97. The van der Waals surface area contributed by atoms with Crippen molar-refractivity contribution in [3.8, 4) is 23.0 Å². The van der Waals surface area contributed by atoms with Gasteiger partial charge in [0.25, 0.3) is 0 Å². The van der Waals surface area contributed by atoms with Gasteiger partial charge >= 0.3 is 6.09 Å². The summed E-state index contributed by atoms with van der Waals surface area (Å²) >= 11 is 1.31. The van der Waals surface area contributed by atoms with Crippen LogP contribution in [0.4, 0.5) is 9.18 Å². The molecule has 1 aromatic heterocycles. The van der Waals surface area contributed by atoms with Crippen LogP contribution in [-0.2, 0) is 10.5 Å². The summed E-state index contributed by atoms with van der Waals surface area (Å²) in [4.78, 5) is 19.8. The lowest BCUT2D eigenvalue weighted by Crippen LogP contribution is -2.41. The molecule has 2 aliphatic heterocycles. The van der Waals surface area contributed by atoms with Gasteiger partial charge < -0.3 is 9.84 Å². The fourth-order valence-corrected chi connectivity index (χ4v) is 4.77. The van der Waals surface area contributed by atoms with Gasteiger partial charge in [-0.15, -0.1) is 5.92 Å². The maximum absolute atomic E-state index is 15.0. The Kier molecular flexibility index (Phi) is 5.26. The summed E-state index contributed by atoms with van der Waals surface area (Å²) in [5, 5.41) is 11.5. The van der Waals surface area contributed by atoms with Crippen molar-refractivity contribution in [2.45, 2.75) is 19.1 Å². The monoisotopic (exact) mass is 411 g/mol. The van der Waals surface area contributed by atoms with Crippen molar-refractivity contribution < 1.29 is 19.0 Å². The Balaban J connectivity index is 1.81. The minimum absolute atomic E-state index is 0.0491. The first kappa shape index (κ1) is 19.4. The third-order valence-electron chi connectivity index (χ3n) is 4.94. The predicted molar refractivity (Wildman–Crippen MR) is 109 cm³/mol. The lowest BCUT2D eigenvalue weighted by atomic mass is 9.88. The maximum atomic E-state index is 15.0. The second-order valence-electron chi connectivity index (χ2n) is 6.72. The molecule has 29 heavy (non-hydrogen) atoms. The van der Waals surface area contributed by atoms with Crippen LogP contribution in [0.5, 0.6) is 0 Å². The Morgan fingerprint density at radius 2 is 2.24 bits per heavy atom. The minimum atomic E-state index is -1.24. The molecule has 2 aromatic rings. The average molecular weight is 411 g/mol. The van der Waals surface area contributed by atoms with Crippen LogP contribution < -0.4 is 5.32 Å². The Bertz CT molecular complexity index is 1060. The second-order valence-corrected chi connectivity index (χ2v) is 7.73. The van der Waals surface area contributed by atoms with Crippen LogP contribution in [0.3, 0.4) is 0 Å². The number of hydrogen-bond acceptors (Lipinski definition) is 5. The Morgan fingerprint density at radius 3 is 3.03 bits per heavy atom. The Labute approximate surface area is 171 Å². The molecule has 1 aromatic carbocycles. The number of pyridine rings is 1. The number of nitrogens with zero attached hydrogens (tertiary/aromatic N) is 2. The highest BCUT2D eigenvalue weighted by atomic mass is 32.2. The van der Waals surface area contributed by atoms with Crippen LogP contribution >= 0.6 is 11.8 Å². The number of carboxylic acid groups (broad SMARTS) is 1. The number of amides is 1. The van der Waals surface area contributed by atoms with Gasteiger partial charge in [0.1, 0.15) is 5.82 Å². The maximum Gasteiger partial charge on any atom is 0.410 e. The molecule has 1 fully saturated rings. The second kappa shape index (κ2) is 7.85. The lowest BCUT2D eigenvalue weighted by Gasteiger charge is -2.35. The van der Waals surface area contributed by atoms with Crippen LogP contribution in [-0.4, -0.2) is 33.7 Å². The van der Waals surface area contributed by atoms with Crippen LogP contribution in [0.1, 0.15) is 24.5 Å². The van der Waals surface area contributed by atoms with Gasteiger partial charge in [0, 0.05) is 40.8 Å². The molecular weight excluding hydrogens is 393 g/mol. The van der Waals surface area contributed by atoms with E-state index in [0.717, 1.165) is 23.1 Å². The molecule has 2 N–H and O–H groups in total. The quantitative estimate of drug-likeness (QED) is 0.734. The normalized spacial score (nSPS) is 22.8. The van der Waals surface area contributed by atoms with Crippen LogP contribution in [0, 0.1) is 23.6 Å². The van der Waals surface area contributed by atoms with Gasteiger partial charge in [-0.1, -0.05) is 23.7 Å². The van der Waals surface area contributed by atoms with Gasteiger partial charge in [-0.05, 0) is 37.1 Å². The number of nitrogens with one attached hydrogen (secondary N) is 1. The molecule has 0 radical (unpaired) electrons. The highest BCUT2D eigenvalue weighted by Gasteiger charge is 2.50. The molecule has 0 unspecified atom stereocenters. The van der Waals surface area contributed by atoms with E-state index in [4.69, 9.17) is 9.84 Å². The summed E-state index contributed by atoms with van der Waals surface area (Å²) in [6.45, 7) is 2.18. The van der Waals surface area contributed by atoms with E-state index in [1.807, 2.05) is 6.07 Å². The van der Waals surface area contributed by atoms with Crippen LogP contribution in [0.2, 0.25) is 0 Å². The van der Waals surface area contributed by atoms with E-state index < -0.39 is 17.6 Å². The highest BCUT2D eigenvalue weighted by molar-refractivity contribution is 8.13. The number of thioether (sulfide) groups is 1. The number of hydrogen-bond donors (Lipinski definition) is 2. The molecule has 148 valence electrons. The molecule has 0 aliphatic carbocycles. The molecule has 8 heteroatoms. The van der Waals surface area contributed by atoms with E-state index >= 15 is 0 Å². The van der Waals surface area contributed by atoms with E-state index in [1.54, 1.807) is 31.5 Å². The van der Waals surface area contributed by atoms with Crippen molar-refractivity contribution >= 4 is 23.0 Å². The fourth-order valence-electron chi connectivity index (χ4n) is 3.66. The van der Waals surface area contributed by atoms with Gasteiger partial charge in [0.05, 0.1) is 6.61 Å². The number of carbonyl (C=O) groups is 1. The van der Waals surface area contributed by atoms with Crippen molar-refractivity contribution in [3.63, 3.8) is 0 Å². The molecule has 2 atom stereocenters. The molecule has 3 heterocycles. The Hall–Kier alpha value is -2.89. The molecule has 0 bridgehead atoms. The first-order chi connectivity index (χ1) is 14.0. The van der Waals surface area contributed by atoms with Crippen molar-refractivity contribution in [1.82, 2.24) is 10.3 Å². The zero-order chi connectivity index (χ0) is 20.4. The number of halogens is 1. The van der Waals surface area contributed by atoms with Gasteiger partial charge in [-0.3, -0.25) is 10.3 Å². The molecule has 4 rings (SSSR count). The van der Waals surface area contributed by atoms with Crippen molar-refractivity contribution in [3.05, 3.63) is 53.6 Å². The smallest absolute Gasteiger partial charge is 0.410 e. The van der Waals surface area contributed by atoms with Gasteiger partial charge in [0.15, 0.2) is 10.9 Å². The van der Waals surface area contributed by atoms with Crippen molar-refractivity contribution in [1.29, 1.82) is 0 Å². The van der Waals surface area contributed by atoms with Crippen LogP contribution in [0.15, 0.2) is 41.7 Å². The summed E-state index contributed by atoms with van der Waals surface area (Å²) in [6, 6.07) is 6.67. The zero-order valence-corrected chi connectivity index (χ0v) is 16.4. The summed E-state index contributed by atoms with van der Waals surface area (Å²) < 4.78 is 20.9. The number of ether oxygens (including phenoxy) is 1. The zero-order valence-electron chi connectivity index (χ0n) is 15.6. The van der Waals surface area contributed by atoms with E-state index in [1.165, 1.54) is 17.8 Å². The molecule has 1 amide bonds. The first-order valence-corrected chi connectivity index (χ1v) is 10.0. The summed E-state index contributed by atoms with van der Waals surface area (Å²) in [6.07, 6.45) is 2.88. The molecule has 0 saturated carbocycles. The summed E-state index contributed by atoms with van der Waals surface area (Å²) in [7, 11) is 0. The van der Waals surface area contributed by atoms with Gasteiger partial charge in [0.2, 0.25) is 0 Å². The largest absolute Gasteiger partial charge is 0.465 e. The first-order valence-electron chi connectivity index (χ1n) is 9.06. The van der Waals surface area contributed by atoms with Crippen LogP contribution in [0.25, 0.3) is 11.1 Å². The van der Waals surface area contributed by atoms with Crippen molar-refractivity contribution in [2.75, 3.05) is 12.4 Å². The molecule has 0 spiro atoms. The molecule has 1 saturated heterocycles. The van der Waals surface area contributed by atoms with E-state index in [-0.39, 0.29) is 11.1 Å². The van der Waals surface area contributed by atoms with Gasteiger partial charge in [-0.25, -0.2) is 14.2 Å². The summed E-state index contributed by atoms with van der Waals surface area (Å²) in [5.41, 5.74) is 1.39. The number of amidine groups is 1. The highest BCUT2D eigenvalue weighted by Crippen LogP contribution is 2.48. The molecule has 6 nitrogen and oxygen atoms in total. The number of benzene rings is 1. The average Bonchev–Trinajstić information content (AvgIpc) is 3.12. The number of fused-ring (bicyclic) bond motifs is 1. The van der Waals surface area contributed by atoms with Gasteiger partial charge in [-0.2, -0.15) is 0 Å². The van der Waals surface area contributed by atoms with E-state index in [9.17, 15) is 9.18 Å². The van der Waals surface area contributed by atoms with Crippen molar-refractivity contribution in [2.24, 2.45) is 10.9 Å². The fraction of sp³-hybridized carbons (Fsp3) is 0.286. The standard InChI is InChI=1S/C21H18FN3O3S/c1-2-3-13-8-15(11-23-10-13)14-4-5-18(22)17(9-14)21-16(6-7-28-21)12-29-19(25-21)24-20(26)27/h4-5,8-11,16H,6-7,12H2,1H3,(H,24,25)(H,26,27)/t16-,21+/m1/s1. The minimum Gasteiger partial charge on any atom is -0.465 e. The van der Waals surface area contributed by atoms with E-state index in [0.29, 0.717) is 17.9 Å². The van der Waals surface area contributed by atoms with E-state index in [2.05, 4.69) is 27.1 Å². The SMILES string of the molecule is CC#Cc1cncc(-c2ccc(F)c([C@]34N=C(NC(=O)O)SC[C@H]3CCO4)c2)c1. The Morgan fingerprint density at radius 1 is 1.38 bits per heavy atom. The third kappa shape index (κ3) is 3.71. The number of aromatic nitrogens is 1. The lowest BCUT2D eigenvalue weighted by molar-refractivity contribution is -0.0172. The number of rotatable bonds is 2. The molecule has 2 aliphatic rings. The molecular formula is C21H18FN3O3S. The summed E-state index contributed by atoms with van der Waals surface area (Å²) in [5.74, 6) is 5.91. The topological polar surface area (TPSA) is 83.8 Å².